The average Bonchev–Trinajstić information content (AvgIpc) is 2.48. The van der Waals surface area contributed by atoms with Crippen molar-refractivity contribution in [3.05, 3.63) is 24.3 Å². The summed E-state index contributed by atoms with van der Waals surface area (Å²) >= 11 is 0. The molecule has 1 aromatic rings. The lowest BCUT2D eigenvalue weighted by Crippen LogP contribution is -2.24. The molecule has 1 aliphatic heterocycles. The van der Waals surface area contributed by atoms with Crippen LogP contribution in [-0.4, -0.2) is 36.3 Å². The average molecular weight is 193 g/mol. The fraction of sp³-hybridized carbons (Fsp3) is 0.600. The molecule has 14 heavy (non-hydrogen) atoms. The minimum Gasteiger partial charge on any atom is -0.380 e. The van der Waals surface area contributed by atoms with E-state index in [1.165, 1.54) is 0 Å². The van der Waals surface area contributed by atoms with Crippen LogP contribution >= 0.6 is 0 Å². The Morgan fingerprint density at radius 1 is 1.43 bits per heavy atom. The van der Waals surface area contributed by atoms with Crippen LogP contribution in [0.3, 0.4) is 0 Å². The number of hydrogen-bond donors (Lipinski definition) is 1. The molecule has 0 spiro atoms. The maximum absolute atomic E-state index is 5.46. The Labute approximate surface area is 83.7 Å². The normalized spacial score (nSPS) is 23.0. The summed E-state index contributed by atoms with van der Waals surface area (Å²) in [5.41, 5.74) is 0. The Bertz CT molecular complexity index is 257. The summed E-state index contributed by atoms with van der Waals surface area (Å²) in [5, 5.41) is 3.34. The number of hydrogen-bond acceptors (Lipinski definition) is 4. The van der Waals surface area contributed by atoms with Gasteiger partial charge in [-0.3, -0.25) is 0 Å². The van der Waals surface area contributed by atoms with Crippen LogP contribution < -0.4 is 5.32 Å². The Balaban J connectivity index is 1.90. The van der Waals surface area contributed by atoms with Gasteiger partial charge in [-0.25, -0.2) is 9.97 Å². The van der Waals surface area contributed by atoms with Crippen molar-refractivity contribution in [2.75, 3.05) is 26.3 Å². The molecule has 2 rings (SSSR count). The Kier molecular flexibility index (Phi) is 3.43. The van der Waals surface area contributed by atoms with Crippen LogP contribution in [0.1, 0.15) is 5.82 Å². The molecule has 4 nitrogen and oxygen atoms in total. The van der Waals surface area contributed by atoms with E-state index in [1.54, 1.807) is 12.4 Å². The van der Waals surface area contributed by atoms with Gasteiger partial charge >= 0.3 is 0 Å². The van der Waals surface area contributed by atoms with Gasteiger partial charge in [0.05, 0.1) is 13.2 Å². The summed E-state index contributed by atoms with van der Waals surface area (Å²) in [7, 11) is 0. The van der Waals surface area contributed by atoms with Crippen LogP contribution in [0.4, 0.5) is 0 Å². The first kappa shape index (κ1) is 9.55. The minimum absolute atomic E-state index is 0.500. The molecule has 1 atom stereocenters. The van der Waals surface area contributed by atoms with Gasteiger partial charge in [-0.2, -0.15) is 0 Å². The third-order valence-electron chi connectivity index (χ3n) is 2.30. The van der Waals surface area contributed by atoms with Crippen molar-refractivity contribution in [2.45, 2.75) is 6.42 Å². The molecule has 1 saturated heterocycles. The van der Waals surface area contributed by atoms with E-state index in [0.717, 1.165) is 38.5 Å². The zero-order valence-electron chi connectivity index (χ0n) is 8.15. The molecule has 0 amide bonds. The molecule has 4 heteroatoms. The second kappa shape index (κ2) is 5.02. The summed E-state index contributed by atoms with van der Waals surface area (Å²) in [4.78, 5) is 8.42. The second-order valence-corrected chi connectivity index (χ2v) is 3.51. The molecule has 76 valence electrons. The summed E-state index contributed by atoms with van der Waals surface area (Å²) in [5.74, 6) is 1.41. The molecule has 1 aliphatic rings. The quantitative estimate of drug-likeness (QED) is 0.731. The van der Waals surface area contributed by atoms with E-state index in [-0.39, 0.29) is 0 Å². The topological polar surface area (TPSA) is 47.0 Å². The maximum atomic E-state index is 5.46. The third-order valence-corrected chi connectivity index (χ3v) is 2.30. The van der Waals surface area contributed by atoms with Crippen LogP contribution in [0, 0.1) is 5.92 Å². The third kappa shape index (κ3) is 2.75. The van der Waals surface area contributed by atoms with Gasteiger partial charge in [0.1, 0.15) is 5.82 Å². The first-order valence-corrected chi connectivity index (χ1v) is 4.99. The molecule has 1 unspecified atom stereocenters. The van der Waals surface area contributed by atoms with E-state index in [1.807, 2.05) is 6.07 Å². The molecule has 0 radical (unpaired) electrons. The molecular weight excluding hydrogens is 178 g/mol. The van der Waals surface area contributed by atoms with Gasteiger partial charge in [0.2, 0.25) is 0 Å². The van der Waals surface area contributed by atoms with Crippen LogP contribution in [0.5, 0.6) is 0 Å². The van der Waals surface area contributed by atoms with Gasteiger partial charge < -0.3 is 10.1 Å². The highest BCUT2D eigenvalue weighted by Crippen LogP contribution is 2.05. The standard InChI is InChI=1S/C10H15N3O/c1-2-12-10(13-3-1)6-9-7-11-4-5-14-8-9/h1-3,9,11H,4-8H2. The van der Waals surface area contributed by atoms with Crippen LogP contribution in [0.25, 0.3) is 0 Å². The van der Waals surface area contributed by atoms with Gasteiger partial charge in [0, 0.05) is 37.8 Å². The van der Waals surface area contributed by atoms with Crippen molar-refractivity contribution in [3.8, 4) is 0 Å². The second-order valence-electron chi connectivity index (χ2n) is 3.51. The van der Waals surface area contributed by atoms with E-state index in [0.29, 0.717) is 5.92 Å². The largest absolute Gasteiger partial charge is 0.380 e. The number of nitrogens with zero attached hydrogens (tertiary/aromatic N) is 2. The zero-order chi connectivity index (χ0) is 9.64. The highest BCUT2D eigenvalue weighted by Gasteiger charge is 2.13. The van der Waals surface area contributed by atoms with Crippen LogP contribution in [0.15, 0.2) is 18.5 Å². The Morgan fingerprint density at radius 2 is 2.29 bits per heavy atom. The van der Waals surface area contributed by atoms with Gasteiger partial charge in [-0.05, 0) is 6.07 Å². The van der Waals surface area contributed by atoms with Crippen LogP contribution in [0.2, 0.25) is 0 Å². The Morgan fingerprint density at radius 3 is 3.14 bits per heavy atom. The molecule has 1 aromatic heterocycles. The van der Waals surface area contributed by atoms with Crippen molar-refractivity contribution in [1.82, 2.24) is 15.3 Å². The lowest BCUT2D eigenvalue weighted by Gasteiger charge is -2.11. The number of aromatic nitrogens is 2. The molecule has 0 saturated carbocycles. The van der Waals surface area contributed by atoms with Gasteiger partial charge in [-0.1, -0.05) is 0 Å². The SMILES string of the molecule is c1cnc(CC2CNCCOC2)nc1. The van der Waals surface area contributed by atoms with E-state index in [2.05, 4.69) is 15.3 Å². The van der Waals surface area contributed by atoms with Crippen molar-refractivity contribution in [3.63, 3.8) is 0 Å². The summed E-state index contributed by atoms with van der Waals surface area (Å²) in [6.07, 6.45) is 4.47. The smallest absolute Gasteiger partial charge is 0.128 e. The van der Waals surface area contributed by atoms with E-state index in [9.17, 15) is 0 Å². The Hall–Kier alpha value is -1.00. The molecule has 2 heterocycles. The maximum Gasteiger partial charge on any atom is 0.128 e. The fourth-order valence-corrected chi connectivity index (χ4v) is 1.58. The molecule has 0 bridgehead atoms. The number of rotatable bonds is 2. The summed E-state index contributed by atoms with van der Waals surface area (Å²) < 4.78 is 5.46. The van der Waals surface area contributed by atoms with Gasteiger partial charge in [0.15, 0.2) is 0 Å². The fourth-order valence-electron chi connectivity index (χ4n) is 1.58. The van der Waals surface area contributed by atoms with E-state index < -0.39 is 0 Å². The monoisotopic (exact) mass is 193 g/mol. The first-order valence-electron chi connectivity index (χ1n) is 4.99. The van der Waals surface area contributed by atoms with E-state index in [4.69, 9.17) is 4.74 Å². The van der Waals surface area contributed by atoms with Crippen molar-refractivity contribution >= 4 is 0 Å². The highest BCUT2D eigenvalue weighted by atomic mass is 16.5. The lowest BCUT2D eigenvalue weighted by atomic mass is 10.1. The predicted molar refractivity (Wildman–Crippen MR) is 52.9 cm³/mol. The van der Waals surface area contributed by atoms with Gasteiger partial charge in [0.25, 0.3) is 0 Å². The van der Waals surface area contributed by atoms with E-state index >= 15 is 0 Å². The minimum atomic E-state index is 0.500. The molecule has 1 fully saturated rings. The molecule has 0 aliphatic carbocycles. The van der Waals surface area contributed by atoms with Crippen molar-refractivity contribution < 1.29 is 4.74 Å². The van der Waals surface area contributed by atoms with Crippen molar-refractivity contribution in [1.29, 1.82) is 0 Å². The predicted octanol–water partition coefficient (Wildman–Crippen LogP) is 0.255. The lowest BCUT2D eigenvalue weighted by molar-refractivity contribution is 0.123. The van der Waals surface area contributed by atoms with Crippen molar-refractivity contribution in [2.24, 2.45) is 5.92 Å². The number of ether oxygens (including phenoxy) is 1. The zero-order valence-corrected chi connectivity index (χ0v) is 8.15. The van der Waals surface area contributed by atoms with Gasteiger partial charge in [-0.15, -0.1) is 0 Å². The first-order chi connectivity index (χ1) is 6.95. The number of nitrogens with one attached hydrogen (secondary N) is 1. The highest BCUT2D eigenvalue weighted by molar-refractivity contribution is 4.90. The summed E-state index contributed by atoms with van der Waals surface area (Å²) in [6, 6.07) is 1.84. The molecule has 1 N–H and O–H groups in total. The van der Waals surface area contributed by atoms with Crippen LogP contribution in [-0.2, 0) is 11.2 Å². The summed E-state index contributed by atoms with van der Waals surface area (Å²) in [6.45, 7) is 3.57. The molecular formula is C10H15N3O. The molecule has 0 aromatic carbocycles.